The molecule has 3 nitrogen and oxygen atoms in total. The van der Waals surface area contributed by atoms with Crippen LogP contribution in [-0.4, -0.2) is 11.3 Å². The lowest BCUT2D eigenvalue weighted by Gasteiger charge is -2.15. The summed E-state index contributed by atoms with van der Waals surface area (Å²) in [5.41, 5.74) is 7.32. The molecule has 1 aromatic rings. The second-order valence-corrected chi connectivity index (χ2v) is 3.40. The Balaban J connectivity index is 2.85. The molecule has 0 aromatic carbocycles. The first-order valence-corrected chi connectivity index (χ1v) is 4.32. The zero-order chi connectivity index (χ0) is 9.84. The number of pyridine rings is 1. The van der Waals surface area contributed by atoms with Crippen molar-refractivity contribution in [3.63, 3.8) is 0 Å². The van der Waals surface area contributed by atoms with E-state index in [1.165, 1.54) is 0 Å². The van der Waals surface area contributed by atoms with E-state index in [0.717, 1.165) is 11.8 Å². The number of carbonyl (C=O) groups is 1. The second-order valence-electron chi connectivity index (χ2n) is 3.40. The van der Waals surface area contributed by atoms with Crippen LogP contribution in [0.4, 0.5) is 0 Å². The third kappa shape index (κ3) is 2.36. The van der Waals surface area contributed by atoms with E-state index in [2.05, 4.69) is 18.8 Å². The van der Waals surface area contributed by atoms with Gasteiger partial charge in [0.1, 0.15) is 5.69 Å². The standard InChI is InChI=1S/C10H14N2O/c1-7(2)10(11)8-3-4-9(6-13)12-5-8/h3-7,10H,11H2,1-2H3/t10-/m0/s1. The minimum Gasteiger partial charge on any atom is -0.324 e. The van der Waals surface area contributed by atoms with Crippen molar-refractivity contribution in [3.8, 4) is 0 Å². The Morgan fingerprint density at radius 1 is 1.46 bits per heavy atom. The van der Waals surface area contributed by atoms with Crippen LogP contribution < -0.4 is 5.73 Å². The highest BCUT2D eigenvalue weighted by molar-refractivity contribution is 5.71. The van der Waals surface area contributed by atoms with E-state index < -0.39 is 0 Å². The van der Waals surface area contributed by atoms with Crippen LogP contribution in [0.3, 0.4) is 0 Å². The lowest BCUT2D eigenvalue weighted by atomic mass is 9.98. The highest BCUT2D eigenvalue weighted by atomic mass is 16.1. The molecule has 0 aliphatic rings. The van der Waals surface area contributed by atoms with Crippen LogP contribution in [0.2, 0.25) is 0 Å². The van der Waals surface area contributed by atoms with Crippen molar-refractivity contribution in [1.82, 2.24) is 4.98 Å². The van der Waals surface area contributed by atoms with Crippen molar-refractivity contribution in [2.24, 2.45) is 11.7 Å². The van der Waals surface area contributed by atoms with Gasteiger partial charge in [-0.1, -0.05) is 19.9 Å². The third-order valence-electron chi connectivity index (χ3n) is 2.03. The number of nitrogens with zero attached hydrogens (tertiary/aromatic N) is 1. The topological polar surface area (TPSA) is 56.0 Å². The normalized spacial score (nSPS) is 12.9. The minimum atomic E-state index is -0.00629. The fraction of sp³-hybridized carbons (Fsp3) is 0.400. The highest BCUT2D eigenvalue weighted by Crippen LogP contribution is 2.17. The first kappa shape index (κ1) is 9.86. The Morgan fingerprint density at radius 3 is 2.54 bits per heavy atom. The van der Waals surface area contributed by atoms with Gasteiger partial charge in [-0.05, 0) is 17.5 Å². The maximum absolute atomic E-state index is 10.3. The summed E-state index contributed by atoms with van der Waals surface area (Å²) in [5.74, 6) is 0.379. The second kappa shape index (κ2) is 4.14. The van der Waals surface area contributed by atoms with Crippen LogP contribution in [0.25, 0.3) is 0 Å². The smallest absolute Gasteiger partial charge is 0.168 e. The van der Waals surface area contributed by atoms with Crippen molar-refractivity contribution >= 4 is 6.29 Å². The van der Waals surface area contributed by atoms with Crippen molar-refractivity contribution in [3.05, 3.63) is 29.6 Å². The quantitative estimate of drug-likeness (QED) is 0.714. The van der Waals surface area contributed by atoms with Crippen molar-refractivity contribution < 1.29 is 4.79 Å². The van der Waals surface area contributed by atoms with E-state index in [9.17, 15) is 4.79 Å². The number of aromatic nitrogens is 1. The van der Waals surface area contributed by atoms with Crippen molar-refractivity contribution in [2.75, 3.05) is 0 Å². The summed E-state index contributed by atoms with van der Waals surface area (Å²) in [6, 6.07) is 3.53. The molecule has 0 radical (unpaired) electrons. The fourth-order valence-corrected chi connectivity index (χ4v) is 1.07. The molecule has 0 fully saturated rings. The summed E-state index contributed by atoms with van der Waals surface area (Å²) in [6.45, 7) is 4.11. The van der Waals surface area contributed by atoms with E-state index in [-0.39, 0.29) is 6.04 Å². The van der Waals surface area contributed by atoms with Gasteiger partial charge in [0, 0.05) is 12.2 Å². The molecule has 0 spiro atoms. The number of aldehydes is 1. The molecule has 70 valence electrons. The maximum atomic E-state index is 10.3. The van der Waals surface area contributed by atoms with Crippen LogP contribution in [0.15, 0.2) is 18.3 Å². The first-order valence-electron chi connectivity index (χ1n) is 4.32. The summed E-state index contributed by atoms with van der Waals surface area (Å²) >= 11 is 0. The predicted molar refractivity (Wildman–Crippen MR) is 51.4 cm³/mol. The van der Waals surface area contributed by atoms with E-state index >= 15 is 0 Å². The fourth-order valence-electron chi connectivity index (χ4n) is 1.07. The summed E-state index contributed by atoms with van der Waals surface area (Å²) in [4.78, 5) is 14.3. The van der Waals surface area contributed by atoms with Crippen LogP contribution in [0, 0.1) is 5.92 Å². The summed E-state index contributed by atoms with van der Waals surface area (Å²) < 4.78 is 0. The van der Waals surface area contributed by atoms with E-state index in [1.807, 2.05) is 6.07 Å². The predicted octanol–water partition coefficient (Wildman–Crippen LogP) is 1.55. The lowest BCUT2D eigenvalue weighted by molar-refractivity contribution is 0.111. The maximum Gasteiger partial charge on any atom is 0.168 e. The monoisotopic (exact) mass is 178 g/mol. The molecular weight excluding hydrogens is 164 g/mol. The van der Waals surface area contributed by atoms with E-state index in [1.54, 1.807) is 12.3 Å². The number of carbonyl (C=O) groups excluding carboxylic acids is 1. The van der Waals surface area contributed by atoms with Gasteiger partial charge >= 0.3 is 0 Å². The molecule has 0 saturated heterocycles. The van der Waals surface area contributed by atoms with Crippen molar-refractivity contribution in [1.29, 1.82) is 0 Å². The molecule has 13 heavy (non-hydrogen) atoms. The molecule has 0 unspecified atom stereocenters. The lowest BCUT2D eigenvalue weighted by Crippen LogP contribution is -2.16. The van der Waals surface area contributed by atoms with Gasteiger partial charge in [0.15, 0.2) is 6.29 Å². The minimum absolute atomic E-state index is 0.00629. The molecule has 0 aliphatic carbocycles. The molecule has 0 amide bonds. The van der Waals surface area contributed by atoms with E-state index in [0.29, 0.717) is 11.6 Å². The molecule has 0 bridgehead atoms. The molecule has 2 N–H and O–H groups in total. The zero-order valence-corrected chi connectivity index (χ0v) is 7.90. The Morgan fingerprint density at radius 2 is 2.15 bits per heavy atom. The van der Waals surface area contributed by atoms with Crippen LogP contribution in [-0.2, 0) is 0 Å². The number of nitrogens with two attached hydrogens (primary N) is 1. The highest BCUT2D eigenvalue weighted by Gasteiger charge is 2.09. The molecule has 0 saturated carbocycles. The van der Waals surface area contributed by atoms with Crippen LogP contribution in [0.1, 0.15) is 35.9 Å². The Hall–Kier alpha value is -1.22. The summed E-state index contributed by atoms with van der Waals surface area (Å²) in [5, 5.41) is 0. The molecule has 1 rings (SSSR count). The average Bonchev–Trinajstić information content (AvgIpc) is 2.17. The molecule has 1 heterocycles. The Bertz CT molecular complexity index is 279. The molecular formula is C10H14N2O. The third-order valence-corrected chi connectivity index (χ3v) is 2.03. The van der Waals surface area contributed by atoms with Gasteiger partial charge in [-0.2, -0.15) is 0 Å². The van der Waals surface area contributed by atoms with Crippen LogP contribution >= 0.6 is 0 Å². The molecule has 1 atom stereocenters. The van der Waals surface area contributed by atoms with Gasteiger partial charge in [-0.25, -0.2) is 0 Å². The SMILES string of the molecule is CC(C)[C@H](N)c1ccc(C=O)nc1. The van der Waals surface area contributed by atoms with Crippen molar-refractivity contribution in [2.45, 2.75) is 19.9 Å². The molecule has 0 aliphatic heterocycles. The zero-order valence-electron chi connectivity index (χ0n) is 7.90. The van der Waals surface area contributed by atoms with Gasteiger partial charge in [0.05, 0.1) is 0 Å². The number of hydrogen-bond acceptors (Lipinski definition) is 3. The van der Waals surface area contributed by atoms with Gasteiger partial charge in [-0.15, -0.1) is 0 Å². The summed E-state index contributed by atoms with van der Waals surface area (Å²) in [6.07, 6.45) is 2.39. The van der Waals surface area contributed by atoms with Gasteiger partial charge in [0.2, 0.25) is 0 Å². The molecule has 1 aromatic heterocycles. The Labute approximate surface area is 78.0 Å². The molecule has 3 heteroatoms. The Kier molecular flexibility index (Phi) is 3.14. The number of hydrogen-bond donors (Lipinski definition) is 1. The largest absolute Gasteiger partial charge is 0.324 e. The van der Waals surface area contributed by atoms with Crippen LogP contribution in [0.5, 0.6) is 0 Å². The van der Waals surface area contributed by atoms with Gasteiger partial charge in [-0.3, -0.25) is 9.78 Å². The van der Waals surface area contributed by atoms with Gasteiger partial charge < -0.3 is 5.73 Å². The first-order chi connectivity index (χ1) is 6.15. The summed E-state index contributed by atoms with van der Waals surface area (Å²) in [7, 11) is 0. The number of rotatable bonds is 3. The van der Waals surface area contributed by atoms with E-state index in [4.69, 9.17) is 5.73 Å². The average molecular weight is 178 g/mol. The van der Waals surface area contributed by atoms with Gasteiger partial charge in [0.25, 0.3) is 0 Å².